The Balaban J connectivity index is 1.06. The molecule has 49 heavy (non-hydrogen) atoms. The van der Waals surface area contributed by atoms with Crippen LogP contribution in [0.2, 0.25) is 0 Å². The molecule has 0 saturated heterocycles. The summed E-state index contributed by atoms with van der Waals surface area (Å²) >= 11 is 0. The highest BCUT2D eigenvalue weighted by molar-refractivity contribution is 7.90. The van der Waals surface area contributed by atoms with Gasteiger partial charge < -0.3 is 10.1 Å². The molecule has 1 amide bonds. The van der Waals surface area contributed by atoms with Gasteiger partial charge in [0.25, 0.3) is 10.0 Å². The number of hydrogen-bond donors (Lipinski definition) is 1. The fourth-order valence-electron chi connectivity index (χ4n) is 6.36. The van der Waals surface area contributed by atoms with Crippen LogP contribution in [0.15, 0.2) is 96.4 Å². The molecule has 0 atom stereocenters. The maximum atomic E-state index is 13.2. The summed E-state index contributed by atoms with van der Waals surface area (Å²) in [5.74, 6) is 0.547. The summed E-state index contributed by atoms with van der Waals surface area (Å²) in [6.45, 7) is 5.55. The smallest absolute Gasteiger partial charge is 0.407 e. The predicted octanol–water partition coefficient (Wildman–Crippen LogP) is 6.91. The topological polar surface area (TPSA) is 133 Å². The predicted molar refractivity (Wildman–Crippen MR) is 187 cm³/mol. The van der Waals surface area contributed by atoms with Crippen molar-refractivity contribution in [2.45, 2.75) is 82.3 Å². The molecule has 0 radical (unpaired) electrons. The van der Waals surface area contributed by atoms with Crippen molar-refractivity contribution in [3.05, 3.63) is 108 Å². The number of hydrogen-bond acceptors (Lipinski definition) is 8. The van der Waals surface area contributed by atoms with E-state index in [1.54, 1.807) is 42.6 Å². The number of alkyl carbamates (subject to hydrolysis) is 1. The Kier molecular flexibility index (Phi) is 9.91. The van der Waals surface area contributed by atoms with Gasteiger partial charge in [-0.15, -0.1) is 0 Å². The average molecular weight is 680 g/mol. The first-order valence-corrected chi connectivity index (χ1v) is 18.0. The molecule has 1 aliphatic rings. The maximum absolute atomic E-state index is 13.2. The van der Waals surface area contributed by atoms with E-state index < -0.39 is 15.6 Å². The van der Waals surface area contributed by atoms with E-state index in [-0.39, 0.29) is 22.8 Å². The van der Waals surface area contributed by atoms with Crippen LogP contribution in [-0.4, -0.2) is 50.9 Å². The van der Waals surface area contributed by atoms with Gasteiger partial charge in [0, 0.05) is 54.3 Å². The monoisotopic (exact) mass is 679 g/mol. The Bertz CT molecular complexity index is 2060. The summed E-state index contributed by atoms with van der Waals surface area (Å²) in [4.78, 5) is 38.8. The fourth-order valence-corrected chi connectivity index (χ4v) is 7.69. The first-order valence-electron chi connectivity index (χ1n) is 16.6. The minimum absolute atomic E-state index is 0.0881. The SMILES string of the molecule is CC(C)(C)OC(=O)NC1CCC(CC(=O)Cc2cccc(Cc3cc(-c4cnc5c(ccn5S(=O)(=O)c5ccccc5)c4)ncn3)c2)CC1. The number of benzene rings is 2. The van der Waals surface area contributed by atoms with Crippen LogP contribution < -0.4 is 5.32 Å². The summed E-state index contributed by atoms with van der Waals surface area (Å²) in [6, 6.07) is 21.9. The molecule has 5 aromatic rings. The van der Waals surface area contributed by atoms with Gasteiger partial charge >= 0.3 is 6.09 Å². The van der Waals surface area contributed by atoms with Gasteiger partial charge in [0.15, 0.2) is 5.65 Å². The van der Waals surface area contributed by atoms with E-state index >= 15 is 0 Å². The van der Waals surface area contributed by atoms with Gasteiger partial charge in [0.2, 0.25) is 0 Å². The van der Waals surface area contributed by atoms with Crippen LogP contribution in [0.4, 0.5) is 4.79 Å². The number of carbonyl (C=O) groups excluding carboxylic acids is 2. The fraction of sp³-hybridized carbons (Fsp3) is 0.342. The molecule has 0 bridgehead atoms. The Morgan fingerprint density at radius 1 is 0.898 bits per heavy atom. The van der Waals surface area contributed by atoms with Gasteiger partial charge in [-0.25, -0.2) is 32.1 Å². The number of nitrogens with zero attached hydrogens (tertiary/aromatic N) is 4. The molecule has 0 aliphatic heterocycles. The van der Waals surface area contributed by atoms with Crippen molar-refractivity contribution >= 4 is 32.9 Å². The molecular weight excluding hydrogens is 639 g/mol. The van der Waals surface area contributed by atoms with E-state index in [2.05, 4.69) is 26.3 Å². The molecule has 3 aromatic heterocycles. The van der Waals surface area contributed by atoms with Crippen molar-refractivity contribution in [3.8, 4) is 11.3 Å². The van der Waals surface area contributed by atoms with Crippen molar-refractivity contribution in [2.24, 2.45) is 5.92 Å². The third-order valence-corrected chi connectivity index (χ3v) is 10.4. The van der Waals surface area contributed by atoms with Gasteiger partial charge in [0.1, 0.15) is 17.7 Å². The summed E-state index contributed by atoms with van der Waals surface area (Å²) in [6.07, 6.45) is 9.27. The number of pyridine rings is 1. The number of aromatic nitrogens is 4. The molecule has 1 N–H and O–H groups in total. The molecule has 1 saturated carbocycles. The highest BCUT2D eigenvalue weighted by Crippen LogP contribution is 2.29. The highest BCUT2D eigenvalue weighted by Gasteiger charge is 2.26. The van der Waals surface area contributed by atoms with E-state index in [1.807, 2.05) is 51.1 Å². The van der Waals surface area contributed by atoms with Crippen molar-refractivity contribution in [3.63, 3.8) is 0 Å². The molecule has 254 valence electrons. The van der Waals surface area contributed by atoms with Crippen LogP contribution in [0, 0.1) is 5.92 Å². The van der Waals surface area contributed by atoms with Crippen LogP contribution >= 0.6 is 0 Å². The molecule has 1 fully saturated rings. The summed E-state index contributed by atoms with van der Waals surface area (Å²) in [5, 5.41) is 3.65. The lowest BCUT2D eigenvalue weighted by Crippen LogP contribution is -2.41. The van der Waals surface area contributed by atoms with Crippen molar-refractivity contribution in [1.29, 1.82) is 0 Å². The second kappa shape index (κ2) is 14.3. The van der Waals surface area contributed by atoms with Crippen molar-refractivity contribution < 1.29 is 22.7 Å². The lowest BCUT2D eigenvalue weighted by molar-refractivity contribution is -0.119. The van der Waals surface area contributed by atoms with Crippen LogP contribution in [0.25, 0.3) is 22.3 Å². The molecule has 10 nitrogen and oxygen atoms in total. The maximum Gasteiger partial charge on any atom is 0.407 e. The highest BCUT2D eigenvalue weighted by atomic mass is 32.2. The third kappa shape index (κ3) is 8.58. The lowest BCUT2D eigenvalue weighted by atomic mass is 9.82. The number of Topliss-reactive ketones (excluding diaryl/α,β-unsaturated/α-hetero) is 1. The average Bonchev–Trinajstić information content (AvgIpc) is 3.50. The second-order valence-corrected chi connectivity index (χ2v) is 15.6. The molecule has 6 rings (SSSR count). The van der Waals surface area contributed by atoms with E-state index in [9.17, 15) is 18.0 Å². The quantitative estimate of drug-likeness (QED) is 0.168. The molecule has 0 spiro atoms. The summed E-state index contributed by atoms with van der Waals surface area (Å²) in [5.41, 5.74) is 4.08. The number of carbonyl (C=O) groups is 2. The van der Waals surface area contributed by atoms with Gasteiger partial charge in [-0.1, -0.05) is 42.5 Å². The van der Waals surface area contributed by atoms with Crippen LogP contribution in [0.1, 0.15) is 69.7 Å². The first kappa shape index (κ1) is 34.0. The molecule has 3 heterocycles. The zero-order valence-corrected chi connectivity index (χ0v) is 28.8. The number of amides is 1. The zero-order valence-electron chi connectivity index (χ0n) is 28.0. The Labute approximate surface area is 287 Å². The number of rotatable bonds is 10. The van der Waals surface area contributed by atoms with Crippen LogP contribution in [0.3, 0.4) is 0 Å². The lowest BCUT2D eigenvalue weighted by Gasteiger charge is -2.29. The standard InChI is InChI=1S/C38H41N5O5S/c1-38(2,3)48-37(45)42-31-14-12-26(13-15-31)20-33(44)21-28-9-7-8-27(18-28)19-32-23-35(41-25-40-32)30-22-29-16-17-43(36(29)39-24-30)49(46,47)34-10-5-4-6-11-34/h4-11,16-18,22-26,31H,12-15,19-21H2,1-3H3,(H,42,45). The third-order valence-electron chi connectivity index (χ3n) is 8.67. The van der Waals surface area contributed by atoms with E-state index in [0.717, 1.165) is 48.1 Å². The zero-order chi connectivity index (χ0) is 34.6. The van der Waals surface area contributed by atoms with E-state index in [1.165, 1.54) is 16.5 Å². The Morgan fingerprint density at radius 2 is 1.65 bits per heavy atom. The minimum atomic E-state index is -3.78. The number of fused-ring (bicyclic) bond motifs is 1. The van der Waals surface area contributed by atoms with E-state index in [0.29, 0.717) is 41.9 Å². The largest absolute Gasteiger partial charge is 0.444 e. The Morgan fingerprint density at radius 3 is 2.41 bits per heavy atom. The van der Waals surface area contributed by atoms with Gasteiger partial charge in [-0.05, 0) is 93.8 Å². The van der Waals surface area contributed by atoms with Crippen LogP contribution in [-0.2, 0) is 32.4 Å². The van der Waals surface area contributed by atoms with Gasteiger partial charge in [-0.3, -0.25) is 4.79 Å². The van der Waals surface area contributed by atoms with Crippen LogP contribution in [0.5, 0.6) is 0 Å². The number of nitrogens with one attached hydrogen (secondary N) is 1. The Hall–Kier alpha value is -4.90. The van der Waals surface area contributed by atoms with Crippen molar-refractivity contribution in [2.75, 3.05) is 0 Å². The normalized spacial score (nSPS) is 16.7. The molecule has 0 unspecified atom stereocenters. The van der Waals surface area contributed by atoms with Crippen molar-refractivity contribution in [1.82, 2.24) is 24.2 Å². The summed E-state index contributed by atoms with van der Waals surface area (Å²) in [7, 11) is -3.78. The van der Waals surface area contributed by atoms with Gasteiger partial charge in [0.05, 0.1) is 10.6 Å². The van der Waals surface area contributed by atoms with E-state index in [4.69, 9.17) is 4.74 Å². The van der Waals surface area contributed by atoms with Gasteiger partial charge in [-0.2, -0.15) is 0 Å². The molecule has 2 aromatic carbocycles. The molecular formula is C38H41N5O5S. The number of ether oxygens (including phenoxy) is 1. The first-order chi connectivity index (χ1) is 23.4. The second-order valence-electron chi connectivity index (χ2n) is 13.7. The minimum Gasteiger partial charge on any atom is -0.444 e. The molecule has 11 heteroatoms. The molecule has 1 aliphatic carbocycles. The summed E-state index contributed by atoms with van der Waals surface area (Å²) < 4.78 is 33.0. The number of ketones is 1.